The first-order valence-electron chi connectivity index (χ1n) is 5.81. The van der Waals surface area contributed by atoms with E-state index in [1.807, 2.05) is 25.7 Å². The number of urea groups is 1. The fourth-order valence-corrected chi connectivity index (χ4v) is 1.71. The van der Waals surface area contributed by atoms with E-state index in [1.165, 1.54) is 0 Å². The summed E-state index contributed by atoms with van der Waals surface area (Å²) in [5.74, 6) is 0. The Bertz CT molecular complexity index is 237. The lowest BCUT2D eigenvalue weighted by Gasteiger charge is -2.41. The van der Waals surface area contributed by atoms with Crippen molar-refractivity contribution in [3.05, 3.63) is 0 Å². The molecule has 0 atom stereocenters. The lowest BCUT2D eigenvalue weighted by molar-refractivity contribution is 0.0246. The molecule has 1 fully saturated rings. The average Bonchev–Trinajstić information content (AvgIpc) is 2.23. The zero-order valence-corrected chi connectivity index (χ0v) is 11.3. The van der Waals surface area contributed by atoms with Crippen molar-refractivity contribution in [1.29, 1.82) is 0 Å². The van der Waals surface area contributed by atoms with Crippen LogP contribution in [0.4, 0.5) is 4.79 Å². The molecule has 1 aliphatic heterocycles. The molecule has 0 bridgehead atoms. The number of ether oxygens (including phenoxy) is 1. The van der Waals surface area contributed by atoms with E-state index in [1.54, 1.807) is 4.90 Å². The third-order valence-electron chi connectivity index (χ3n) is 2.76. The molecule has 0 aliphatic carbocycles. The van der Waals surface area contributed by atoms with Crippen LogP contribution in [-0.4, -0.2) is 46.8 Å². The summed E-state index contributed by atoms with van der Waals surface area (Å²) < 4.78 is 5.49. The van der Waals surface area contributed by atoms with Gasteiger partial charge in [-0.15, -0.1) is 0 Å². The Kier molecular flexibility index (Phi) is 3.53. The van der Waals surface area contributed by atoms with Gasteiger partial charge in [-0.1, -0.05) is 0 Å². The monoisotopic (exact) mass is 228 g/mol. The lowest BCUT2D eigenvalue weighted by atomic mass is 10.0. The Morgan fingerprint density at radius 2 is 1.50 bits per heavy atom. The molecular formula is C12H24N2O2. The van der Waals surface area contributed by atoms with Gasteiger partial charge in [-0.2, -0.15) is 0 Å². The average molecular weight is 228 g/mol. The molecule has 0 aromatic carbocycles. The van der Waals surface area contributed by atoms with Gasteiger partial charge in [0.2, 0.25) is 0 Å². The molecule has 0 radical (unpaired) electrons. The maximum atomic E-state index is 12.4. The second-order valence-electron chi connectivity index (χ2n) is 6.24. The molecule has 0 unspecified atom stereocenters. The number of carbonyl (C=O) groups is 1. The van der Waals surface area contributed by atoms with E-state index in [4.69, 9.17) is 4.74 Å². The topological polar surface area (TPSA) is 32.8 Å². The van der Waals surface area contributed by atoms with Crippen molar-refractivity contribution in [3.63, 3.8) is 0 Å². The normalized spacial score (nSPS) is 20.0. The molecule has 94 valence electrons. The van der Waals surface area contributed by atoms with Gasteiger partial charge in [-0.3, -0.25) is 4.90 Å². The zero-order chi connectivity index (χ0) is 12.6. The van der Waals surface area contributed by atoms with Crippen molar-refractivity contribution < 1.29 is 9.53 Å². The highest BCUT2D eigenvalue weighted by molar-refractivity contribution is 5.76. The van der Waals surface area contributed by atoms with Gasteiger partial charge in [0, 0.05) is 17.6 Å². The molecule has 1 rings (SSSR count). The smallest absolute Gasteiger partial charge is 0.322 e. The maximum Gasteiger partial charge on any atom is 0.322 e. The Morgan fingerprint density at radius 1 is 1.00 bits per heavy atom. The number of hydrogen-bond donors (Lipinski definition) is 0. The van der Waals surface area contributed by atoms with E-state index in [9.17, 15) is 4.79 Å². The van der Waals surface area contributed by atoms with E-state index < -0.39 is 0 Å². The van der Waals surface area contributed by atoms with E-state index in [0.717, 1.165) is 0 Å². The van der Waals surface area contributed by atoms with Crippen molar-refractivity contribution in [2.75, 3.05) is 19.9 Å². The molecule has 1 aliphatic rings. The Morgan fingerprint density at radius 3 is 1.94 bits per heavy atom. The van der Waals surface area contributed by atoms with E-state index in [0.29, 0.717) is 19.9 Å². The summed E-state index contributed by atoms with van der Waals surface area (Å²) in [7, 11) is 0. The third kappa shape index (κ3) is 2.88. The highest BCUT2D eigenvalue weighted by atomic mass is 16.5. The molecule has 1 heterocycles. The van der Waals surface area contributed by atoms with Gasteiger partial charge in [0.15, 0.2) is 0 Å². The number of amides is 2. The Hall–Kier alpha value is -0.770. The molecule has 0 saturated carbocycles. The van der Waals surface area contributed by atoms with Crippen LogP contribution in [0.3, 0.4) is 0 Å². The minimum absolute atomic E-state index is 0.0671. The van der Waals surface area contributed by atoms with Crippen LogP contribution in [-0.2, 0) is 4.74 Å². The van der Waals surface area contributed by atoms with E-state index >= 15 is 0 Å². The predicted molar refractivity (Wildman–Crippen MR) is 64.3 cm³/mol. The predicted octanol–water partition coefficient (Wildman–Crippen LogP) is 2.30. The number of nitrogens with zero attached hydrogens (tertiary/aromatic N) is 2. The van der Waals surface area contributed by atoms with Crippen molar-refractivity contribution in [1.82, 2.24) is 9.80 Å². The lowest BCUT2D eigenvalue weighted by Crippen LogP contribution is -2.55. The fourth-order valence-electron chi connectivity index (χ4n) is 1.71. The summed E-state index contributed by atoms with van der Waals surface area (Å²) in [6.07, 6.45) is 0. The molecule has 0 N–H and O–H groups in total. The molecule has 0 spiro atoms. The quantitative estimate of drug-likeness (QED) is 0.637. The van der Waals surface area contributed by atoms with Crippen LogP contribution < -0.4 is 0 Å². The molecule has 0 aromatic rings. The minimum Gasteiger partial charge on any atom is -0.359 e. The van der Waals surface area contributed by atoms with E-state index in [2.05, 4.69) is 20.8 Å². The first-order chi connectivity index (χ1) is 7.14. The highest BCUT2D eigenvalue weighted by Crippen LogP contribution is 2.23. The highest BCUT2D eigenvalue weighted by Gasteiger charge is 2.36. The summed E-state index contributed by atoms with van der Waals surface area (Å²) in [5, 5.41) is 0. The number of rotatable bonds is 0. The van der Waals surface area contributed by atoms with Crippen molar-refractivity contribution in [2.45, 2.75) is 52.6 Å². The van der Waals surface area contributed by atoms with Crippen LogP contribution in [0.2, 0.25) is 0 Å². The van der Waals surface area contributed by atoms with Crippen LogP contribution >= 0.6 is 0 Å². The second-order valence-corrected chi connectivity index (χ2v) is 6.24. The van der Waals surface area contributed by atoms with Gasteiger partial charge >= 0.3 is 6.03 Å². The van der Waals surface area contributed by atoms with Gasteiger partial charge in [0.25, 0.3) is 0 Å². The minimum atomic E-state index is -0.203. The van der Waals surface area contributed by atoms with Crippen LogP contribution in [0.1, 0.15) is 41.5 Å². The van der Waals surface area contributed by atoms with Crippen LogP contribution in [0.25, 0.3) is 0 Å². The first-order valence-corrected chi connectivity index (χ1v) is 5.81. The second kappa shape index (κ2) is 4.24. The summed E-state index contributed by atoms with van der Waals surface area (Å²) >= 11 is 0. The van der Waals surface area contributed by atoms with Crippen LogP contribution in [0.15, 0.2) is 0 Å². The van der Waals surface area contributed by atoms with Crippen LogP contribution in [0, 0.1) is 0 Å². The summed E-state index contributed by atoms with van der Waals surface area (Å²) in [5.41, 5.74) is -0.362. The Balaban J connectivity index is 2.94. The van der Waals surface area contributed by atoms with Crippen molar-refractivity contribution in [3.8, 4) is 0 Å². The van der Waals surface area contributed by atoms with Crippen molar-refractivity contribution >= 4 is 6.03 Å². The van der Waals surface area contributed by atoms with Crippen LogP contribution in [0.5, 0.6) is 0 Å². The maximum absolute atomic E-state index is 12.4. The molecule has 16 heavy (non-hydrogen) atoms. The molecule has 1 saturated heterocycles. The summed E-state index contributed by atoms with van der Waals surface area (Å²) in [4.78, 5) is 16.1. The largest absolute Gasteiger partial charge is 0.359 e. The van der Waals surface area contributed by atoms with Gasteiger partial charge < -0.3 is 9.64 Å². The first kappa shape index (κ1) is 13.3. The zero-order valence-electron chi connectivity index (χ0n) is 11.3. The summed E-state index contributed by atoms with van der Waals surface area (Å²) in [6.45, 7) is 13.9. The number of carbonyl (C=O) groups excluding carboxylic acids is 1. The van der Waals surface area contributed by atoms with Crippen molar-refractivity contribution in [2.24, 2.45) is 0 Å². The molecule has 2 amide bonds. The van der Waals surface area contributed by atoms with E-state index in [-0.39, 0.29) is 17.1 Å². The SMILES string of the molecule is CC(C)(C)N1CCOCN(C(C)(C)C)C1=O. The van der Waals surface area contributed by atoms with Gasteiger partial charge in [-0.25, -0.2) is 4.79 Å². The summed E-state index contributed by atoms with van der Waals surface area (Å²) in [6, 6.07) is 0.0671. The molecule has 4 nitrogen and oxygen atoms in total. The molecule has 4 heteroatoms. The molecular weight excluding hydrogens is 204 g/mol. The van der Waals surface area contributed by atoms with Gasteiger partial charge in [0.05, 0.1) is 6.61 Å². The number of hydrogen-bond acceptors (Lipinski definition) is 2. The fraction of sp³-hybridized carbons (Fsp3) is 0.917. The van der Waals surface area contributed by atoms with Gasteiger partial charge in [-0.05, 0) is 41.5 Å². The molecule has 0 aromatic heterocycles. The standard InChI is InChI=1S/C12H24N2O2/c1-11(2,3)13-7-8-16-9-14(10(13)15)12(4,5)6/h7-9H2,1-6H3. The third-order valence-corrected chi connectivity index (χ3v) is 2.76. The van der Waals surface area contributed by atoms with Gasteiger partial charge in [0.1, 0.15) is 6.73 Å². The Labute approximate surface area is 98.5 Å².